The molecule has 1 unspecified atom stereocenters. The molecule has 0 aromatic carbocycles. The van der Waals surface area contributed by atoms with Gasteiger partial charge in [-0.1, -0.05) is 20.3 Å². The number of amides is 1. The molecule has 0 heterocycles. The third kappa shape index (κ3) is 4.52. The number of likely N-dealkylation sites (N-methyl/N-ethyl adjacent to an activating group) is 1. The van der Waals surface area contributed by atoms with Gasteiger partial charge in [-0.05, 0) is 39.3 Å². The van der Waals surface area contributed by atoms with Gasteiger partial charge >= 0.3 is 0 Å². The van der Waals surface area contributed by atoms with Crippen LogP contribution in [0.2, 0.25) is 0 Å². The molecule has 0 aliphatic heterocycles. The maximum Gasteiger partial charge on any atom is 0.223 e. The van der Waals surface area contributed by atoms with Gasteiger partial charge in [0.05, 0.1) is 0 Å². The lowest BCUT2D eigenvalue weighted by molar-refractivity contribution is -0.128. The van der Waals surface area contributed by atoms with Crippen molar-refractivity contribution in [2.75, 3.05) is 20.6 Å². The molecule has 3 nitrogen and oxygen atoms in total. The third-order valence-electron chi connectivity index (χ3n) is 3.16. The summed E-state index contributed by atoms with van der Waals surface area (Å²) in [6.07, 6.45) is 4.46. The van der Waals surface area contributed by atoms with Crippen LogP contribution in [0.1, 0.15) is 39.5 Å². The fraction of sp³-hybridized carbons (Fsp3) is 0.923. The smallest absolute Gasteiger partial charge is 0.223 e. The van der Waals surface area contributed by atoms with Crippen LogP contribution in [0, 0.1) is 11.8 Å². The summed E-state index contributed by atoms with van der Waals surface area (Å²) in [5.74, 6) is 1.21. The molecule has 0 radical (unpaired) electrons. The average Bonchev–Trinajstić information content (AvgIpc) is 1.95. The molecule has 1 saturated carbocycles. The fourth-order valence-corrected chi connectivity index (χ4v) is 2.18. The lowest BCUT2D eigenvalue weighted by Crippen LogP contribution is -2.46. The van der Waals surface area contributed by atoms with Crippen molar-refractivity contribution in [3.8, 4) is 0 Å². The van der Waals surface area contributed by atoms with E-state index in [9.17, 15) is 4.79 Å². The zero-order valence-corrected chi connectivity index (χ0v) is 11.1. The van der Waals surface area contributed by atoms with E-state index in [1.54, 1.807) is 0 Å². The quantitative estimate of drug-likeness (QED) is 0.750. The number of hydrogen-bond acceptors (Lipinski definition) is 2. The predicted octanol–water partition coefficient (Wildman–Crippen LogP) is 1.88. The van der Waals surface area contributed by atoms with E-state index in [1.807, 2.05) is 0 Å². The molecule has 0 bridgehead atoms. The number of hydrogen-bond donors (Lipinski definition) is 1. The highest BCUT2D eigenvalue weighted by Crippen LogP contribution is 2.26. The minimum atomic E-state index is 0.277. The van der Waals surface area contributed by atoms with Crippen LogP contribution < -0.4 is 5.32 Å². The average molecular weight is 226 g/mol. The van der Waals surface area contributed by atoms with E-state index in [4.69, 9.17) is 0 Å². The van der Waals surface area contributed by atoms with Gasteiger partial charge in [0, 0.05) is 18.5 Å². The molecule has 0 saturated heterocycles. The fourth-order valence-electron chi connectivity index (χ4n) is 2.18. The second-order valence-electron chi connectivity index (χ2n) is 5.73. The Morgan fingerprint density at radius 2 is 2.00 bits per heavy atom. The van der Waals surface area contributed by atoms with Gasteiger partial charge in [0.15, 0.2) is 0 Å². The van der Waals surface area contributed by atoms with E-state index in [-0.39, 0.29) is 5.91 Å². The summed E-state index contributed by atoms with van der Waals surface area (Å²) >= 11 is 0. The number of nitrogens with zero attached hydrogens (tertiary/aromatic N) is 1. The Kier molecular flexibility index (Phi) is 5.26. The summed E-state index contributed by atoms with van der Waals surface area (Å²) < 4.78 is 0. The van der Waals surface area contributed by atoms with Crippen LogP contribution in [0.5, 0.6) is 0 Å². The first-order valence-corrected chi connectivity index (χ1v) is 6.44. The molecule has 1 rings (SSSR count). The predicted molar refractivity (Wildman–Crippen MR) is 67.3 cm³/mol. The summed E-state index contributed by atoms with van der Waals surface area (Å²) in [6.45, 7) is 5.35. The summed E-state index contributed by atoms with van der Waals surface area (Å²) in [7, 11) is 4.12. The van der Waals surface area contributed by atoms with Crippen molar-refractivity contribution in [2.45, 2.75) is 45.6 Å². The Labute approximate surface area is 99.6 Å². The van der Waals surface area contributed by atoms with Gasteiger partial charge in [0.2, 0.25) is 5.91 Å². The highest BCUT2D eigenvalue weighted by atomic mass is 16.2. The first kappa shape index (κ1) is 13.5. The largest absolute Gasteiger partial charge is 0.352 e. The summed E-state index contributed by atoms with van der Waals surface area (Å²) in [4.78, 5) is 14.0. The Morgan fingerprint density at radius 3 is 2.38 bits per heavy atom. The van der Waals surface area contributed by atoms with E-state index in [2.05, 4.69) is 38.2 Å². The lowest BCUT2D eigenvalue weighted by atomic mass is 9.84. The zero-order valence-electron chi connectivity index (χ0n) is 11.1. The molecule has 0 spiro atoms. The Morgan fingerprint density at radius 1 is 1.38 bits per heavy atom. The van der Waals surface area contributed by atoms with E-state index in [0.29, 0.717) is 17.9 Å². The van der Waals surface area contributed by atoms with Crippen LogP contribution in [0.3, 0.4) is 0 Å². The second-order valence-corrected chi connectivity index (χ2v) is 5.73. The molecule has 1 aliphatic rings. The lowest BCUT2D eigenvalue weighted by Gasteiger charge is -2.29. The Bertz CT molecular complexity index is 212. The van der Waals surface area contributed by atoms with Crippen molar-refractivity contribution in [3.05, 3.63) is 0 Å². The minimum absolute atomic E-state index is 0.277. The normalized spacial score (nSPS) is 18.6. The molecule has 1 aliphatic carbocycles. The van der Waals surface area contributed by atoms with Gasteiger partial charge in [-0.3, -0.25) is 4.79 Å². The first-order valence-electron chi connectivity index (χ1n) is 6.44. The molecule has 0 aromatic rings. The SMILES string of the molecule is CC(C)CC(CN(C)C)NC(=O)C1CCC1. The molecule has 16 heavy (non-hydrogen) atoms. The van der Waals surface area contributed by atoms with Crippen molar-refractivity contribution in [2.24, 2.45) is 11.8 Å². The van der Waals surface area contributed by atoms with Crippen LogP contribution in [-0.4, -0.2) is 37.5 Å². The minimum Gasteiger partial charge on any atom is -0.352 e. The van der Waals surface area contributed by atoms with Gasteiger partial charge < -0.3 is 10.2 Å². The van der Waals surface area contributed by atoms with Crippen LogP contribution in [-0.2, 0) is 4.79 Å². The Balaban J connectivity index is 2.38. The molecule has 3 heteroatoms. The van der Waals surface area contributed by atoms with Crippen molar-refractivity contribution in [1.29, 1.82) is 0 Å². The van der Waals surface area contributed by atoms with Gasteiger partial charge in [-0.2, -0.15) is 0 Å². The summed E-state index contributed by atoms with van der Waals surface area (Å²) in [5, 5.41) is 3.20. The first-order chi connectivity index (χ1) is 7.49. The molecule has 1 amide bonds. The van der Waals surface area contributed by atoms with Crippen LogP contribution in [0.4, 0.5) is 0 Å². The van der Waals surface area contributed by atoms with Gasteiger partial charge in [-0.15, -0.1) is 0 Å². The summed E-state index contributed by atoms with van der Waals surface area (Å²) in [5.41, 5.74) is 0. The maximum absolute atomic E-state index is 11.9. The topological polar surface area (TPSA) is 32.3 Å². The number of rotatable bonds is 6. The van der Waals surface area contributed by atoms with Crippen molar-refractivity contribution in [1.82, 2.24) is 10.2 Å². The van der Waals surface area contributed by atoms with Crippen molar-refractivity contribution >= 4 is 5.91 Å². The van der Waals surface area contributed by atoms with Crippen molar-refractivity contribution in [3.63, 3.8) is 0 Å². The number of carbonyl (C=O) groups excluding carboxylic acids is 1. The van der Waals surface area contributed by atoms with Gasteiger partial charge in [-0.25, -0.2) is 0 Å². The highest BCUT2D eigenvalue weighted by Gasteiger charge is 2.27. The van der Waals surface area contributed by atoms with E-state index >= 15 is 0 Å². The van der Waals surface area contributed by atoms with Crippen LogP contribution >= 0.6 is 0 Å². The third-order valence-corrected chi connectivity index (χ3v) is 3.16. The monoisotopic (exact) mass is 226 g/mol. The van der Waals surface area contributed by atoms with Crippen LogP contribution in [0.25, 0.3) is 0 Å². The van der Waals surface area contributed by atoms with Crippen LogP contribution in [0.15, 0.2) is 0 Å². The molecule has 1 atom stereocenters. The molecule has 0 aromatic heterocycles. The van der Waals surface area contributed by atoms with Gasteiger partial charge in [0.25, 0.3) is 0 Å². The maximum atomic E-state index is 11.9. The number of nitrogens with one attached hydrogen (secondary N) is 1. The standard InChI is InChI=1S/C13H26N2O/c1-10(2)8-12(9-15(3)4)14-13(16)11-6-5-7-11/h10-12H,5-9H2,1-4H3,(H,14,16). The van der Waals surface area contributed by atoms with E-state index in [0.717, 1.165) is 25.8 Å². The molecule has 1 N–H and O–H groups in total. The van der Waals surface area contributed by atoms with Gasteiger partial charge in [0.1, 0.15) is 0 Å². The Hall–Kier alpha value is -0.570. The number of carbonyl (C=O) groups is 1. The molecular weight excluding hydrogens is 200 g/mol. The van der Waals surface area contributed by atoms with E-state index in [1.165, 1.54) is 6.42 Å². The van der Waals surface area contributed by atoms with E-state index < -0.39 is 0 Å². The molecule has 1 fully saturated rings. The zero-order chi connectivity index (χ0) is 12.1. The molecular formula is C13H26N2O. The van der Waals surface area contributed by atoms with Crippen molar-refractivity contribution < 1.29 is 4.79 Å². The molecule has 94 valence electrons. The summed E-state index contributed by atoms with van der Waals surface area (Å²) in [6, 6.07) is 0.308. The highest BCUT2D eigenvalue weighted by molar-refractivity contribution is 5.79. The second kappa shape index (κ2) is 6.24.